The third-order valence-electron chi connectivity index (χ3n) is 5.26. The van der Waals surface area contributed by atoms with E-state index in [1.807, 2.05) is 6.07 Å². The molecule has 2 aromatic rings. The number of hydrogen-bond acceptors (Lipinski definition) is 3. The van der Waals surface area contributed by atoms with E-state index in [0.29, 0.717) is 10.4 Å². The Balaban J connectivity index is 1.68. The molecule has 112 valence electrons. The predicted octanol–water partition coefficient (Wildman–Crippen LogP) is 2.95. The molecule has 4 nitrogen and oxygen atoms in total. The highest BCUT2D eigenvalue weighted by Crippen LogP contribution is 2.49. The maximum atomic E-state index is 11.9. The van der Waals surface area contributed by atoms with E-state index >= 15 is 0 Å². The molecule has 1 aromatic heterocycles. The van der Waals surface area contributed by atoms with Gasteiger partial charge in [-0.1, -0.05) is 12.5 Å². The number of para-hydroxylation sites is 1. The van der Waals surface area contributed by atoms with Gasteiger partial charge >= 0.3 is 0 Å². The summed E-state index contributed by atoms with van der Waals surface area (Å²) in [5.41, 5.74) is 1.43. The first-order valence-electron chi connectivity index (χ1n) is 7.68. The second-order valence-electron chi connectivity index (χ2n) is 6.75. The van der Waals surface area contributed by atoms with E-state index in [-0.39, 0.29) is 0 Å². The normalized spacial score (nSPS) is 28.5. The monoisotopic (exact) mass is 304 g/mol. The summed E-state index contributed by atoms with van der Waals surface area (Å²) >= 11 is 0. The highest BCUT2D eigenvalue weighted by Gasteiger charge is 2.39. The summed E-state index contributed by atoms with van der Waals surface area (Å²) in [4.78, 5) is 8.24. The molecule has 2 aliphatic rings. The number of sulfone groups is 1. The Morgan fingerprint density at radius 3 is 2.81 bits per heavy atom. The van der Waals surface area contributed by atoms with Crippen LogP contribution >= 0.6 is 0 Å². The number of aromatic amines is 1. The van der Waals surface area contributed by atoms with Gasteiger partial charge in [-0.2, -0.15) is 0 Å². The van der Waals surface area contributed by atoms with E-state index in [4.69, 9.17) is 0 Å². The second kappa shape index (κ2) is 4.57. The van der Waals surface area contributed by atoms with Gasteiger partial charge in [-0.3, -0.25) is 0 Å². The summed E-state index contributed by atoms with van der Waals surface area (Å²) in [7, 11) is -3.23. The predicted molar refractivity (Wildman–Crippen MR) is 81.8 cm³/mol. The number of fused-ring (bicyclic) bond motifs is 3. The van der Waals surface area contributed by atoms with Crippen LogP contribution in [0.3, 0.4) is 0 Å². The van der Waals surface area contributed by atoms with Gasteiger partial charge in [-0.25, -0.2) is 13.4 Å². The van der Waals surface area contributed by atoms with E-state index in [0.717, 1.165) is 35.5 Å². The van der Waals surface area contributed by atoms with Gasteiger partial charge in [0, 0.05) is 12.7 Å². The van der Waals surface area contributed by atoms with Gasteiger partial charge in [-0.05, 0) is 49.1 Å². The van der Waals surface area contributed by atoms with Gasteiger partial charge in [0.05, 0.1) is 10.4 Å². The van der Waals surface area contributed by atoms with Crippen molar-refractivity contribution in [2.45, 2.75) is 37.0 Å². The summed E-state index contributed by atoms with van der Waals surface area (Å²) in [6.07, 6.45) is 7.68. The number of nitrogens with zero attached hydrogens (tertiary/aromatic N) is 1. The lowest BCUT2D eigenvalue weighted by molar-refractivity contribution is 0.327. The molecule has 0 aliphatic heterocycles. The Labute approximate surface area is 124 Å². The summed E-state index contributed by atoms with van der Waals surface area (Å²) < 4.78 is 23.7. The quantitative estimate of drug-likeness (QED) is 0.948. The van der Waals surface area contributed by atoms with Gasteiger partial charge in [0.15, 0.2) is 9.84 Å². The SMILES string of the molecule is CS(=O)(=O)c1cccc2[nH]c(CC3CC4CCC3C4)nc12. The Morgan fingerprint density at radius 1 is 1.29 bits per heavy atom. The fourth-order valence-electron chi connectivity index (χ4n) is 4.33. The third kappa shape index (κ3) is 2.27. The topological polar surface area (TPSA) is 62.8 Å². The van der Waals surface area contributed by atoms with Crippen LogP contribution in [0.25, 0.3) is 11.0 Å². The lowest BCUT2D eigenvalue weighted by atomic mass is 9.86. The average Bonchev–Trinajstić information content (AvgIpc) is 3.09. The fraction of sp³-hybridized carbons (Fsp3) is 0.562. The van der Waals surface area contributed by atoms with Gasteiger partial charge in [0.25, 0.3) is 0 Å². The van der Waals surface area contributed by atoms with E-state index in [9.17, 15) is 8.42 Å². The van der Waals surface area contributed by atoms with E-state index in [1.165, 1.54) is 31.9 Å². The smallest absolute Gasteiger partial charge is 0.177 e. The van der Waals surface area contributed by atoms with Crippen LogP contribution in [0.5, 0.6) is 0 Å². The lowest BCUT2D eigenvalue weighted by Crippen LogP contribution is -2.13. The van der Waals surface area contributed by atoms with Crippen molar-refractivity contribution in [3.63, 3.8) is 0 Å². The van der Waals surface area contributed by atoms with Gasteiger partial charge in [0.2, 0.25) is 0 Å². The summed E-state index contributed by atoms with van der Waals surface area (Å²) in [6, 6.07) is 5.32. The van der Waals surface area contributed by atoms with Crippen molar-refractivity contribution in [3.05, 3.63) is 24.0 Å². The molecule has 1 aromatic carbocycles. The lowest BCUT2D eigenvalue weighted by Gasteiger charge is -2.20. The Bertz CT molecular complexity index is 794. The summed E-state index contributed by atoms with van der Waals surface area (Å²) in [5, 5.41) is 0. The molecule has 21 heavy (non-hydrogen) atoms. The first-order chi connectivity index (χ1) is 10.0. The zero-order chi connectivity index (χ0) is 14.6. The Hall–Kier alpha value is -1.36. The van der Waals surface area contributed by atoms with Crippen LogP contribution in [0.4, 0.5) is 0 Å². The van der Waals surface area contributed by atoms with Crippen LogP contribution < -0.4 is 0 Å². The maximum Gasteiger partial charge on any atom is 0.177 e. The molecule has 0 saturated heterocycles. The molecule has 0 spiro atoms. The molecule has 0 amide bonds. The Morgan fingerprint density at radius 2 is 2.14 bits per heavy atom. The minimum atomic E-state index is -3.23. The minimum absolute atomic E-state index is 0.329. The zero-order valence-electron chi connectivity index (χ0n) is 12.2. The van der Waals surface area contributed by atoms with Crippen molar-refractivity contribution in [3.8, 4) is 0 Å². The van der Waals surface area contributed by atoms with Crippen molar-refractivity contribution in [2.75, 3.05) is 6.26 Å². The molecule has 4 rings (SSSR count). The zero-order valence-corrected chi connectivity index (χ0v) is 13.0. The number of hydrogen-bond donors (Lipinski definition) is 1. The molecule has 0 radical (unpaired) electrons. The number of aromatic nitrogens is 2. The highest BCUT2D eigenvalue weighted by molar-refractivity contribution is 7.91. The first-order valence-corrected chi connectivity index (χ1v) is 9.57. The second-order valence-corrected chi connectivity index (χ2v) is 8.73. The molecule has 3 unspecified atom stereocenters. The van der Waals surface area contributed by atoms with E-state index in [2.05, 4.69) is 9.97 Å². The van der Waals surface area contributed by atoms with Crippen LogP contribution in [0.2, 0.25) is 0 Å². The fourth-order valence-corrected chi connectivity index (χ4v) is 5.16. The van der Waals surface area contributed by atoms with E-state index < -0.39 is 9.84 Å². The molecule has 2 saturated carbocycles. The maximum absolute atomic E-state index is 11.9. The standard InChI is InChI=1S/C16H20N2O2S/c1-21(19,20)14-4-2-3-13-16(14)18-15(17-13)9-12-8-10-5-6-11(12)7-10/h2-4,10-12H,5-9H2,1H3,(H,17,18). The molecular weight excluding hydrogens is 284 g/mol. The molecule has 2 fully saturated rings. The number of rotatable bonds is 3. The van der Waals surface area contributed by atoms with Gasteiger partial charge in [0.1, 0.15) is 11.3 Å². The van der Waals surface area contributed by atoms with Crippen LogP contribution in [0.1, 0.15) is 31.5 Å². The number of imidazole rings is 1. The van der Waals surface area contributed by atoms with Crippen molar-refractivity contribution >= 4 is 20.9 Å². The molecule has 5 heteroatoms. The number of nitrogens with one attached hydrogen (secondary N) is 1. The van der Waals surface area contributed by atoms with E-state index in [1.54, 1.807) is 12.1 Å². The van der Waals surface area contributed by atoms with Crippen molar-refractivity contribution in [2.24, 2.45) is 17.8 Å². The molecular formula is C16H20N2O2S. The summed E-state index contributed by atoms with van der Waals surface area (Å²) in [6.45, 7) is 0. The van der Waals surface area contributed by atoms with Gasteiger partial charge in [-0.15, -0.1) is 0 Å². The van der Waals surface area contributed by atoms with Crippen LogP contribution in [0, 0.1) is 17.8 Å². The third-order valence-corrected chi connectivity index (χ3v) is 6.39. The van der Waals surface area contributed by atoms with Crippen molar-refractivity contribution in [1.29, 1.82) is 0 Å². The van der Waals surface area contributed by atoms with Crippen molar-refractivity contribution < 1.29 is 8.42 Å². The molecule has 1 N–H and O–H groups in total. The number of benzene rings is 1. The van der Waals surface area contributed by atoms with Crippen LogP contribution in [-0.2, 0) is 16.3 Å². The number of H-pyrrole nitrogens is 1. The molecule has 2 bridgehead atoms. The molecule has 1 heterocycles. The average molecular weight is 304 g/mol. The molecule has 2 aliphatic carbocycles. The summed E-state index contributed by atoms with van der Waals surface area (Å²) in [5.74, 6) is 3.46. The first kappa shape index (κ1) is 13.3. The largest absolute Gasteiger partial charge is 0.342 e. The highest BCUT2D eigenvalue weighted by atomic mass is 32.2. The minimum Gasteiger partial charge on any atom is -0.342 e. The Kier molecular flexibility index (Phi) is 2.89. The van der Waals surface area contributed by atoms with Crippen LogP contribution in [0.15, 0.2) is 23.1 Å². The van der Waals surface area contributed by atoms with Gasteiger partial charge < -0.3 is 4.98 Å². The molecule has 3 atom stereocenters. The van der Waals surface area contributed by atoms with Crippen molar-refractivity contribution in [1.82, 2.24) is 9.97 Å². The van der Waals surface area contributed by atoms with Crippen LogP contribution in [-0.4, -0.2) is 24.6 Å².